The molecule has 0 radical (unpaired) electrons. The zero-order valence-electron chi connectivity index (χ0n) is 10.6. The highest BCUT2D eigenvalue weighted by Gasteiger charge is 2.15. The van der Waals surface area contributed by atoms with Gasteiger partial charge in [0.25, 0.3) is 0 Å². The van der Waals surface area contributed by atoms with Crippen molar-refractivity contribution in [1.29, 1.82) is 0 Å². The number of methoxy groups -OCH3 is 1. The lowest BCUT2D eigenvalue weighted by Crippen LogP contribution is -2.13. The Hall–Kier alpha value is -1.27. The Balaban J connectivity index is 3.01. The summed E-state index contributed by atoms with van der Waals surface area (Å²) in [7, 11) is -1.80. The second-order valence-electron chi connectivity index (χ2n) is 3.87. The molecule has 0 aliphatic rings. The van der Waals surface area contributed by atoms with E-state index >= 15 is 0 Å². The van der Waals surface area contributed by atoms with Crippen LogP contribution in [0.15, 0.2) is 18.2 Å². The van der Waals surface area contributed by atoms with Crippen molar-refractivity contribution in [2.45, 2.75) is 12.7 Å². The Morgan fingerprint density at radius 1 is 1.39 bits per heavy atom. The van der Waals surface area contributed by atoms with Gasteiger partial charge in [0.05, 0.1) is 25.2 Å². The Bertz CT molecular complexity index is 485. The molecule has 0 spiro atoms. The van der Waals surface area contributed by atoms with Gasteiger partial charge in [-0.2, -0.15) is 0 Å². The molecule has 1 rings (SSSR count). The lowest BCUT2D eigenvalue weighted by Gasteiger charge is -2.11. The molecule has 102 valence electrons. The molecule has 1 aromatic rings. The minimum absolute atomic E-state index is 0.129. The van der Waals surface area contributed by atoms with Gasteiger partial charge in [0.2, 0.25) is 0 Å². The number of ether oxygens (including phenoxy) is 1. The van der Waals surface area contributed by atoms with Gasteiger partial charge in [-0.1, -0.05) is 0 Å². The monoisotopic (exact) mass is 273 g/mol. The van der Waals surface area contributed by atoms with E-state index in [1.54, 1.807) is 12.1 Å². The smallest absolute Gasteiger partial charge is 0.156 e. The Morgan fingerprint density at radius 3 is 2.67 bits per heavy atom. The molecule has 0 aliphatic carbocycles. The van der Waals surface area contributed by atoms with Crippen LogP contribution in [0.2, 0.25) is 0 Å². The highest BCUT2D eigenvalue weighted by atomic mass is 32.2. The van der Waals surface area contributed by atoms with Crippen LogP contribution in [0.3, 0.4) is 0 Å². The molecule has 0 heterocycles. The number of benzene rings is 1. The Kier molecular flexibility index (Phi) is 5.43. The van der Waals surface area contributed by atoms with Crippen molar-refractivity contribution in [2.24, 2.45) is 0 Å². The molecule has 0 aliphatic heterocycles. The third kappa shape index (κ3) is 4.19. The molecule has 0 fully saturated rings. The molecule has 0 bridgehead atoms. The van der Waals surface area contributed by atoms with Crippen LogP contribution in [-0.4, -0.2) is 39.5 Å². The second-order valence-corrected chi connectivity index (χ2v) is 6.06. The van der Waals surface area contributed by atoms with Crippen LogP contribution in [0.4, 0.5) is 5.69 Å². The molecule has 6 heteroatoms. The van der Waals surface area contributed by atoms with Gasteiger partial charge in [0.15, 0.2) is 9.84 Å². The first kappa shape index (κ1) is 14.8. The summed E-state index contributed by atoms with van der Waals surface area (Å²) in [6, 6.07) is 5.34. The molecule has 1 aromatic carbocycles. The van der Waals surface area contributed by atoms with Gasteiger partial charge in [0, 0.05) is 17.8 Å². The van der Waals surface area contributed by atoms with Crippen LogP contribution in [-0.2, 0) is 15.6 Å². The van der Waals surface area contributed by atoms with Crippen LogP contribution in [0.25, 0.3) is 0 Å². The third-order valence-corrected chi connectivity index (χ3v) is 3.99. The largest absolute Gasteiger partial charge is 0.496 e. The number of aliphatic hydroxyl groups is 1. The first-order chi connectivity index (χ1) is 8.52. The molecular formula is C12H19NO4S. The van der Waals surface area contributed by atoms with E-state index in [1.165, 1.54) is 7.11 Å². The topological polar surface area (TPSA) is 75.6 Å². The van der Waals surface area contributed by atoms with Crippen LogP contribution in [0.5, 0.6) is 5.75 Å². The highest BCUT2D eigenvalue weighted by Crippen LogP contribution is 2.24. The fourth-order valence-corrected chi connectivity index (χ4v) is 2.78. The maximum atomic E-state index is 11.7. The maximum Gasteiger partial charge on any atom is 0.156 e. The third-order valence-electron chi connectivity index (χ3n) is 2.44. The van der Waals surface area contributed by atoms with Gasteiger partial charge in [-0.25, -0.2) is 8.42 Å². The van der Waals surface area contributed by atoms with Crippen LogP contribution < -0.4 is 10.1 Å². The minimum atomic E-state index is -3.31. The summed E-state index contributed by atoms with van der Waals surface area (Å²) in [6.45, 7) is 2.36. The number of aliphatic hydroxyl groups excluding tert-OH is 1. The SMILES string of the molecule is CCNc1ccc(OC)c(CS(=O)(=O)CCO)c1. The number of hydrogen-bond donors (Lipinski definition) is 2. The van der Waals surface area contributed by atoms with E-state index in [-0.39, 0.29) is 18.1 Å². The van der Waals surface area contributed by atoms with Crippen molar-refractivity contribution in [3.05, 3.63) is 23.8 Å². The zero-order chi connectivity index (χ0) is 13.6. The number of hydrogen-bond acceptors (Lipinski definition) is 5. The van der Waals surface area contributed by atoms with Crippen molar-refractivity contribution in [2.75, 3.05) is 31.3 Å². The van der Waals surface area contributed by atoms with Gasteiger partial charge >= 0.3 is 0 Å². The summed E-state index contributed by atoms with van der Waals surface area (Å²) < 4.78 is 28.6. The predicted molar refractivity (Wildman–Crippen MR) is 71.7 cm³/mol. The van der Waals surface area contributed by atoms with E-state index in [1.807, 2.05) is 13.0 Å². The number of sulfone groups is 1. The van der Waals surface area contributed by atoms with E-state index < -0.39 is 9.84 Å². The van der Waals surface area contributed by atoms with Crippen molar-refractivity contribution >= 4 is 15.5 Å². The quantitative estimate of drug-likeness (QED) is 0.776. The molecule has 0 aromatic heterocycles. The Labute approximate surface area is 108 Å². The van der Waals surface area contributed by atoms with Crippen molar-refractivity contribution in [1.82, 2.24) is 0 Å². The van der Waals surface area contributed by atoms with E-state index in [0.29, 0.717) is 11.3 Å². The zero-order valence-corrected chi connectivity index (χ0v) is 11.5. The maximum absolute atomic E-state index is 11.7. The molecule has 5 nitrogen and oxygen atoms in total. The van der Waals surface area contributed by atoms with Crippen LogP contribution in [0.1, 0.15) is 12.5 Å². The van der Waals surface area contributed by atoms with E-state index in [4.69, 9.17) is 9.84 Å². The molecular weight excluding hydrogens is 254 g/mol. The van der Waals surface area contributed by atoms with Crippen LogP contribution in [0, 0.1) is 0 Å². The van der Waals surface area contributed by atoms with E-state index in [0.717, 1.165) is 12.2 Å². The summed E-state index contributed by atoms with van der Waals surface area (Å²) in [5.41, 5.74) is 1.46. The highest BCUT2D eigenvalue weighted by molar-refractivity contribution is 7.90. The average molecular weight is 273 g/mol. The van der Waals surface area contributed by atoms with Gasteiger partial charge in [0.1, 0.15) is 5.75 Å². The summed E-state index contributed by atoms with van der Waals surface area (Å²) in [6.07, 6.45) is 0. The summed E-state index contributed by atoms with van der Waals surface area (Å²) in [5.74, 6) is 0.176. The average Bonchev–Trinajstić information content (AvgIpc) is 2.29. The van der Waals surface area contributed by atoms with E-state index in [2.05, 4.69) is 5.32 Å². The minimum Gasteiger partial charge on any atom is -0.496 e. The summed E-state index contributed by atoms with van der Waals surface area (Å²) >= 11 is 0. The number of anilines is 1. The molecule has 0 saturated carbocycles. The van der Waals surface area contributed by atoms with Gasteiger partial charge in [-0.15, -0.1) is 0 Å². The van der Waals surface area contributed by atoms with Gasteiger partial charge in [-0.05, 0) is 25.1 Å². The fraction of sp³-hybridized carbons (Fsp3) is 0.500. The lowest BCUT2D eigenvalue weighted by molar-refractivity contribution is 0.319. The molecule has 0 saturated heterocycles. The van der Waals surface area contributed by atoms with Crippen molar-refractivity contribution in [3.8, 4) is 5.75 Å². The second kappa shape index (κ2) is 6.61. The van der Waals surface area contributed by atoms with Crippen molar-refractivity contribution in [3.63, 3.8) is 0 Å². The van der Waals surface area contributed by atoms with Crippen LogP contribution >= 0.6 is 0 Å². The molecule has 0 atom stereocenters. The first-order valence-electron chi connectivity index (χ1n) is 5.74. The summed E-state index contributed by atoms with van der Waals surface area (Å²) in [4.78, 5) is 0. The Morgan fingerprint density at radius 2 is 2.11 bits per heavy atom. The predicted octanol–water partition coefficient (Wildman–Crippen LogP) is 1.03. The van der Waals surface area contributed by atoms with Gasteiger partial charge < -0.3 is 15.2 Å². The number of nitrogens with one attached hydrogen (secondary N) is 1. The molecule has 18 heavy (non-hydrogen) atoms. The lowest BCUT2D eigenvalue weighted by atomic mass is 10.2. The molecule has 2 N–H and O–H groups in total. The molecule has 0 unspecified atom stereocenters. The fourth-order valence-electron chi connectivity index (χ4n) is 1.65. The standard InChI is InChI=1S/C12H19NO4S/c1-3-13-11-4-5-12(17-2)10(8-11)9-18(15,16)7-6-14/h4-5,8,13-14H,3,6-7,9H2,1-2H3. The van der Waals surface area contributed by atoms with E-state index in [9.17, 15) is 8.42 Å². The first-order valence-corrected chi connectivity index (χ1v) is 7.56. The van der Waals surface area contributed by atoms with Crippen molar-refractivity contribution < 1.29 is 18.3 Å². The van der Waals surface area contributed by atoms with Gasteiger partial charge in [-0.3, -0.25) is 0 Å². The molecule has 0 amide bonds. The summed E-state index contributed by atoms with van der Waals surface area (Å²) in [5, 5.41) is 11.8. The number of rotatable bonds is 7. The normalized spacial score (nSPS) is 11.3.